The summed E-state index contributed by atoms with van der Waals surface area (Å²) in [5.74, 6) is 2.26. The number of hydrogen-bond donors (Lipinski definition) is 1. The van der Waals surface area contributed by atoms with Crippen LogP contribution in [0.1, 0.15) is 44.6 Å². The molecule has 2 aliphatic rings. The lowest BCUT2D eigenvalue weighted by atomic mass is 10.1. The molecule has 1 unspecified atom stereocenters. The Balaban J connectivity index is 1.54. The van der Waals surface area contributed by atoms with Gasteiger partial charge >= 0.3 is 0 Å². The number of hydrogen-bond acceptors (Lipinski definition) is 4. The quantitative estimate of drug-likeness (QED) is 0.598. The van der Waals surface area contributed by atoms with Gasteiger partial charge in [-0.3, -0.25) is 0 Å². The Kier molecular flexibility index (Phi) is 7.12. The largest absolute Gasteiger partial charge is 0.474 e. The van der Waals surface area contributed by atoms with Crippen molar-refractivity contribution < 1.29 is 9.47 Å². The summed E-state index contributed by atoms with van der Waals surface area (Å²) in [4.78, 5) is 11.4. The van der Waals surface area contributed by atoms with Crippen molar-refractivity contribution in [3.8, 4) is 5.88 Å². The van der Waals surface area contributed by atoms with Gasteiger partial charge in [0.25, 0.3) is 0 Å². The van der Waals surface area contributed by atoms with Crippen molar-refractivity contribution in [2.45, 2.75) is 51.7 Å². The third-order valence-corrected chi connectivity index (χ3v) is 5.05. The van der Waals surface area contributed by atoms with Gasteiger partial charge in [-0.25, -0.2) is 9.98 Å². The average molecular weight is 361 g/mol. The zero-order valence-corrected chi connectivity index (χ0v) is 16.1. The smallest absolute Gasteiger partial charge is 0.213 e. The summed E-state index contributed by atoms with van der Waals surface area (Å²) in [6, 6.07) is 4.03. The van der Waals surface area contributed by atoms with Crippen molar-refractivity contribution >= 4 is 5.96 Å². The predicted molar refractivity (Wildman–Crippen MR) is 103 cm³/mol. The molecule has 3 rings (SSSR count). The summed E-state index contributed by atoms with van der Waals surface area (Å²) < 4.78 is 11.4. The molecule has 1 aromatic rings. The summed E-state index contributed by atoms with van der Waals surface area (Å²) in [5.41, 5.74) is 1.09. The molecule has 0 spiro atoms. The van der Waals surface area contributed by atoms with E-state index in [0.717, 1.165) is 63.0 Å². The van der Waals surface area contributed by atoms with E-state index in [-0.39, 0.29) is 0 Å². The van der Waals surface area contributed by atoms with Crippen LogP contribution in [0.3, 0.4) is 0 Å². The van der Waals surface area contributed by atoms with E-state index < -0.39 is 0 Å². The highest BCUT2D eigenvalue weighted by Gasteiger charge is 2.19. The monoisotopic (exact) mass is 360 g/mol. The molecular weight excluding hydrogens is 328 g/mol. The highest BCUT2D eigenvalue weighted by Crippen LogP contribution is 2.23. The first kappa shape index (κ1) is 19.0. The maximum Gasteiger partial charge on any atom is 0.213 e. The molecule has 1 aromatic heterocycles. The number of pyridine rings is 1. The van der Waals surface area contributed by atoms with Crippen LogP contribution in [-0.4, -0.2) is 55.3 Å². The van der Waals surface area contributed by atoms with Crippen molar-refractivity contribution in [3.05, 3.63) is 23.9 Å². The van der Waals surface area contributed by atoms with Crippen LogP contribution < -0.4 is 10.1 Å². The second-order valence-corrected chi connectivity index (χ2v) is 7.31. The van der Waals surface area contributed by atoms with E-state index in [9.17, 15) is 0 Å². The number of aliphatic imine (C=N–C) groups is 1. The standard InChI is InChI=1S/C20H32N4O2/c1-3-21-20(24(2)14-17-10-11-25-15-17)23-13-16-8-9-19(22-12-16)26-18-6-4-5-7-18/h8-9,12,17-18H,3-7,10-11,13-15H2,1-2H3,(H,21,23). The number of guanidine groups is 1. The van der Waals surface area contributed by atoms with E-state index in [4.69, 9.17) is 14.5 Å². The van der Waals surface area contributed by atoms with E-state index in [0.29, 0.717) is 18.6 Å². The molecule has 6 heteroatoms. The van der Waals surface area contributed by atoms with Gasteiger partial charge in [0.05, 0.1) is 13.2 Å². The summed E-state index contributed by atoms with van der Waals surface area (Å²) in [6.07, 6.45) is 8.20. The molecule has 1 atom stereocenters. The highest BCUT2D eigenvalue weighted by molar-refractivity contribution is 5.79. The van der Waals surface area contributed by atoms with Crippen molar-refractivity contribution in [2.75, 3.05) is 33.4 Å². The first-order chi connectivity index (χ1) is 12.7. The summed E-state index contributed by atoms with van der Waals surface area (Å²) >= 11 is 0. The molecule has 1 saturated carbocycles. The second kappa shape index (κ2) is 9.76. The molecule has 1 saturated heterocycles. The molecule has 26 heavy (non-hydrogen) atoms. The second-order valence-electron chi connectivity index (χ2n) is 7.31. The highest BCUT2D eigenvalue weighted by atomic mass is 16.5. The Labute approximate surface area is 157 Å². The minimum absolute atomic E-state index is 0.347. The Hall–Kier alpha value is -1.82. The lowest BCUT2D eigenvalue weighted by Crippen LogP contribution is -2.41. The Bertz CT molecular complexity index is 564. The number of nitrogens with one attached hydrogen (secondary N) is 1. The average Bonchev–Trinajstić information content (AvgIpc) is 3.34. The van der Waals surface area contributed by atoms with Crippen LogP contribution in [0.25, 0.3) is 0 Å². The summed E-state index contributed by atoms with van der Waals surface area (Å²) in [5, 5.41) is 3.38. The van der Waals surface area contributed by atoms with E-state index in [1.807, 2.05) is 12.3 Å². The van der Waals surface area contributed by atoms with Crippen molar-refractivity contribution in [2.24, 2.45) is 10.9 Å². The van der Waals surface area contributed by atoms with Crippen molar-refractivity contribution in [3.63, 3.8) is 0 Å². The number of nitrogens with zero attached hydrogens (tertiary/aromatic N) is 3. The van der Waals surface area contributed by atoms with E-state index >= 15 is 0 Å². The van der Waals surface area contributed by atoms with Gasteiger partial charge in [-0.05, 0) is 44.6 Å². The fourth-order valence-electron chi connectivity index (χ4n) is 3.59. The first-order valence-corrected chi connectivity index (χ1v) is 9.93. The first-order valence-electron chi connectivity index (χ1n) is 9.93. The Morgan fingerprint density at radius 2 is 2.19 bits per heavy atom. The molecule has 0 bridgehead atoms. The maximum absolute atomic E-state index is 5.93. The van der Waals surface area contributed by atoms with Crippen LogP contribution in [0, 0.1) is 5.92 Å². The zero-order valence-electron chi connectivity index (χ0n) is 16.1. The van der Waals surface area contributed by atoms with E-state index in [2.05, 4.69) is 35.2 Å². The Morgan fingerprint density at radius 1 is 1.35 bits per heavy atom. The third-order valence-electron chi connectivity index (χ3n) is 5.05. The van der Waals surface area contributed by atoms with Gasteiger partial charge in [-0.15, -0.1) is 0 Å². The molecule has 0 radical (unpaired) electrons. The minimum Gasteiger partial charge on any atom is -0.474 e. The summed E-state index contributed by atoms with van der Waals surface area (Å²) in [6.45, 7) is 6.28. The third kappa shape index (κ3) is 5.59. The van der Waals surface area contributed by atoms with Gasteiger partial charge in [0.1, 0.15) is 6.10 Å². The molecule has 2 heterocycles. The zero-order chi connectivity index (χ0) is 18.2. The van der Waals surface area contributed by atoms with Crippen molar-refractivity contribution in [1.82, 2.24) is 15.2 Å². The van der Waals surface area contributed by atoms with Gasteiger partial charge in [-0.1, -0.05) is 6.07 Å². The molecular formula is C20H32N4O2. The normalized spacial score (nSPS) is 21.2. The molecule has 1 aliphatic heterocycles. The number of aromatic nitrogens is 1. The molecule has 1 aliphatic carbocycles. The van der Waals surface area contributed by atoms with Crippen LogP contribution in [0.4, 0.5) is 0 Å². The predicted octanol–water partition coefficient (Wildman–Crippen LogP) is 2.84. The maximum atomic E-state index is 5.93. The molecule has 0 aromatic carbocycles. The lowest BCUT2D eigenvalue weighted by molar-refractivity contribution is 0.181. The molecule has 0 amide bonds. The molecule has 6 nitrogen and oxygen atoms in total. The van der Waals surface area contributed by atoms with Crippen LogP contribution >= 0.6 is 0 Å². The van der Waals surface area contributed by atoms with Gasteiger partial charge < -0.3 is 19.7 Å². The number of rotatable bonds is 7. The van der Waals surface area contributed by atoms with Crippen molar-refractivity contribution in [1.29, 1.82) is 0 Å². The molecule has 144 valence electrons. The Morgan fingerprint density at radius 3 is 2.85 bits per heavy atom. The fourth-order valence-corrected chi connectivity index (χ4v) is 3.59. The van der Waals surface area contributed by atoms with E-state index in [1.165, 1.54) is 12.8 Å². The lowest BCUT2D eigenvalue weighted by Gasteiger charge is -2.24. The van der Waals surface area contributed by atoms with Gasteiger partial charge in [0.2, 0.25) is 5.88 Å². The van der Waals surface area contributed by atoms with Crippen LogP contribution in [-0.2, 0) is 11.3 Å². The van der Waals surface area contributed by atoms with E-state index in [1.54, 1.807) is 0 Å². The molecule has 1 N–H and O–H groups in total. The van der Waals surface area contributed by atoms with Crippen LogP contribution in [0.15, 0.2) is 23.3 Å². The fraction of sp³-hybridized carbons (Fsp3) is 0.700. The minimum atomic E-state index is 0.347. The van der Waals surface area contributed by atoms with Crippen LogP contribution in [0.2, 0.25) is 0 Å². The number of ether oxygens (including phenoxy) is 2. The SMILES string of the molecule is CCNC(=NCc1ccc(OC2CCCC2)nc1)N(C)CC1CCOC1. The van der Waals surface area contributed by atoms with Gasteiger partial charge in [-0.2, -0.15) is 0 Å². The topological polar surface area (TPSA) is 59.0 Å². The van der Waals surface area contributed by atoms with Crippen LogP contribution in [0.5, 0.6) is 5.88 Å². The summed E-state index contributed by atoms with van der Waals surface area (Å²) in [7, 11) is 2.09. The molecule has 2 fully saturated rings. The van der Waals surface area contributed by atoms with Gasteiger partial charge in [0, 0.05) is 44.9 Å². The van der Waals surface area contributed by atoms with Gasteiger partial charge in [0.15, 0.2) is 5.96 Å².